The lowest BCUT2D eigenvalue weighted by Gasteiger charge is -2.10. The summed E-state index contributed by atoms with van der Waals surface area (Å²) in [6.07, 6.45) is 0.649. The zero-order valence-corrected chi connectivity index (χ0v) is 13.9. The molecule has 0 aromatic heterocycles. The smallest absolute Gasteiger partial charge is 0.306 e. The number of carbonyl (C=O) groups is 1. The van der Waals surface area contributed by atoms with Gasteiger partial charge >= 0.3 is 5.97 Å². The van der Waals surface area contributed by atoms with Crippen LogP contribution in [-0.2, 0) is 32.5 Å². The SMILES string of the molecule is COC(=O)CCS(=O)(=O)NCc1cc(Br)cc2c1OCC2. The van der Waals surface area contributed by atoms with Crippen molar-refractivity contribution in [3.8, 4) is 5.75 Å². The summed E-state index contributed by atoms with van der Waals surface area (Å²) in [5, 5.41) is 0. The number of esters is 1. The van der Waals surface area contributed by atoms with E-state index < -0.39 is 16.0 Å². The number of fused-ring (bicyclic) bond motifs is 1. The minimum atomic E-state index is -3.54. The Kier molecular flexibility index (Phi) is 5.23. The van der Waals surface area contributed by atoms with Crippen molar-refractivity contribution in [2.45, 2.75) is 19.4 Å². The predicted molar refractivity (Wildman–Crippen MR) is 80.6 cm³/mol. The van der Waals surface area contributed by atoms with E-state index in [1.54, 1.807) is 0 Å². The molecule has 1 aromatic rings. The molecule has 0 atom stereocenters. The predicted octanol–water partition coefficient (Wildman–Crippen LogP) is 1.37. The van der Waals surface area contributed by atoms with Gasteiger partial charge in [0.25, 0.3) is 0 Å². The van der Waals surface area contributed by atoms with Gasteiger partial charge in [0.2, 0.25) is 10.0 Å². The highest BCUT2D eigenvalue weighted by Crippen LogP contribution is 2.32. The Morgan fingerprint density at radius 1 is 1.48 bits per heavy atom. The van der Waals surface area contributed by atoms with Gasteiger partial charge in [-0.15, -0.1) is 0 Å². The second-order valence-corrected chi connectivity index (χ2v) is 7.46. The standard InChI is InChI=1S/C13H16BrNO5S/c1-19-12(16)3-5-21(17,18)15-8-10-7-11(14)6-9-2-4-20-13(9)10/h6-7,15H,2-5,8H2,1H3. The molecule has 8 heteroatoms. The molecule has 0 saturated heterocycles. The minimum Gasteiger partial charge on any atom is -0.493 e. The van der Waals surface area contributed by atoms with Gasteiger partial charge in [-0.2, -0.15) is 0 Å². The van der Waals surface area contributed by atoms with Crippen LogP contribution < -0.4 is 9.46 Å². The fraction of sp³-hybridized carbons (Fsp3) is 0.462. The van der Waals surface area contributed by atoms with E-state index in [1.807, 2.05) is 12.1 Å². The minimum absolute atomic E-state index is 0.130. The van der Waals surface area contributed by atoms with Crippen molar-refractivity contribution in [1.29, 1.82) is 0 Å². The molecule has 0 saturated carbocycles. The topological polar surface area (TPSA) is 81.7 Å². The first-order valence-corrected chi connectivity index (χ1v) is 8.84. The Morgan fingerprint density at radius 3 is 2.95 bits per heavy atom. The van der Waals surface area contributed by atoms with Crippen LogP contribution in [0.3, 0.4) is 0 Å². The van der Waals surface area contributed by atoms with Crippen molar-refractivity contribution in [3.05, 3.63) is 27.7 Å². The van der Waals surface area contributed by atoms with E-state index in [2.05, 4.69) is 25.4 Å². The molecule has 2 rings (SSSR count). The maximum atomic E-state index is 11.8. The number of hydrogen-bond donors (Lipinski definition) is 1. The lowest BCUT2D eigenvalue weighted by Crippen LogP contribution is -2.27. The molecular formula is C13H16BrNO5S. The molecular weight excluding hydrogens is 362 g/mol. The molecule has 1 N–H and O–H groups in total. The van der Waals surface area contributed by atoms with Crippen molar-refractivity contribution in [1.82, 2.24) is 4.72 Å². The molecule has 1 aliphatic rings. The normalized spacial score (nSPS) is 13.6. The fourth-order valence-electron chi connectivity index (χ4n) is 2.06. The van der Waals surface area contributed by atoms with Gasteiger partial charge in [-0.1, -0.05) is 15.9 Å². The van der Waals surface area contributed by atoms with Crippen molar-refractivity contribution in [3.63, 3.8) is 0 Å². The number of ether oxygens (including phenoxy) is 2. The summed E-state index contributed by atoms with van der Waals surface area (Å²) in [6, 6.07) is 3.80. The Hall–Kier alpha value is -1.12. The van der Waals surface area contributed by atoms with Gasteiger partial charge < -0.3 is 9.47 Å². The molecule has 0 bridgehead atoms. The number of rotatable bonds is 6. The molecule has 21 heavy (non-hydrogen) atoms. The first kappa shape index (κ1) is 16.3. The number of hydrogen-bond acceptors (Lipinski definition) is 5. The lowest BCUT2D eigenvalue weighted by atomic mass is 10.1. The molecule has 6 nitrogen and oxygen atoms in total. The van der Waals surface area contributed by atoms with Crippen LogP contribution in [-0.4, -0.2) is 33.9 Å². The van der Waals surface area contributed by atoms with Gasteiger partial charge in [-0.25, -0.2) is 13.1 Å². The van der Waals surface area contributed by atoms with E-state index in [0.717, 1.165) is 27.8 Å². The molecule has 0 spiro atoms. The molecule has 0 amide bonds. The van der Waals surface area contributed by atoms with Crippen molar-refractivity contribution < 1.29 is 22.7 Å². The first-order chi connectivity index (χ1) is 9.91. The molecule has 0 aliphatic carbocycles. The van der Waals surface area contributed by atoms with E-state index in [-0.39, 0.29) is 18.7 Å². The number of methoxy groups -OCH3 is 1. The van der Waals surface area contributed by atoms with Gasteiger partial charge in [0.15, 0.2) is 0 Å². The lowest BCUT2D eigenvalue weighted by molar-refractivity contribution is -0.140. The Labute approximate surface area is 132 Å². The molecule has 0 fully saturated rings. The quantitative estimate of drug-likeness (QED) is 0.757. The molecule has 0 radical (unpaired) electrons. The van der Waals surface area contributed by atoms with Crippen LogP contribution in [0.1, 0.15) is 17.5 Å². The van der Waals surface area contributed by atoms with E-state index >= 15 is 0 Å². The zero-order valence-electron chi connectivity index (χ0n) is 11.5. The summed E-state index contributed by atoms with van der Waals surface area (Å²) < 4.78 is 37.0. The van der Waals surface area contributed by atoms with Crippen LogP contribution in [0.25, 0.3) is 0 Å². The van der Waals surface area contributed by atoms with Crippen LogP contribution >= 0.6 is 15.9 Å². The summed E-state index contributed by atoms with van der Waals surface area (Å²) >= 11 is 3.40. The molecule has 1 aliphatic heterocycles. The number of sulfonamides is 1. The van der Waals surface area contributed by atoms with Crippen LogP contribution in [0.4, 0.5) is 0 Å². The number of nitrogens with one attached hydrogen (secondary N) is 1. The van der Waals surface area contributed by atoms with Gasteiger partial charge in [0, 0.05) is 23.0 Å². The third-order valence-electron chi connectivity index (χ3n) is 3.11. The maximum absolute atomic E-state index is 11.8. The van der Waals surface area contributed by atoms with Crippen molar-refractivity contribution in [2.75, 3.05) is 19.5 Å². The van der Waals surface area contributed by atoms with Crippen LogP contribution in [0.15, 0.2) is 16.6 Å². The molecule has 116 valence electrons. The van der Waals surface area contributed by atoms with Crippen LogP contribution in [0, 0.1) is 0 Å². The second-order valence-electron chi connectivity index (χ2n) is 4.62. The van der Waals surface area contributed by atoms with Gasteiger partial charge in [0.05, 0.1) is 25.9 Å². The summed E-state index contributed by atoms with van der Waals surface area (Å²) in [7, 11) is -2.31. The second kappa shape index (κ2) is 6.76. The Bertz CT molecular complexity index is 644. The Morgan fingerprint density at radius 2 is 2.24 bits per heavy atom. The molecule has 0 unspecified atom stereocenters. The van der Waals surface area contributed by atoms with E-state index in [1.165, 1.54) is 7.11 Å². The van der Waals surface area contributed by atoms with E-state index in [9.17, 15) is 13.2 Å². The zero-order chi connectivity index (χ0) is 15.5. The highest BCUT2D eigenvalue weighted by Gasteiger charge is 2.19. The van der Waals surface area contributed by atoms with E-state index in [4.69, 9.17) is 4.74 Å². The largest absolute Gasteiger partial charge is 0.493 e. The van der Waals surface area contributed by atoms with Gasteiger partial charge in [-0.05, 0) is 17.7 Å². The van der Waals surface area contributed by atoms with Crippen LogP contribution in [0.5, 0.6) is 5.75 Å². The highest BCUT2D eigenvalue weighted by molar-refractivity contribution is 9.10. The summed E-state index contributed by atoms with van der Waals surface area (Å²) in [4.78, 5) is 11.0. The van der Waals surface area contributed by atoms with Crippen molar-refractivity contribution >= 4 is 31.9 Å². The van der Waals surface area contributed by atoms with Crippen molar-refractivity contribution in [2.24, 2.45) is 0 Å². The molecule has 1 aromatic carbocycles. The van der Waals surface area contributed by atoms with Gasteiger partial charge in [0.1, 0.15) is 5.75 Å². The first-order valence-electron chi connectivity index (χ1n) is 6.39. The highest BCUT2D eigenvalue weighted by atomic mass is 79.9. The number of halogens is 1. The third kappa shape index (κ3) is 4.42. The maximum Gasteiger partial charge on any atom is 0.306 e. The summed E-state index contributed by atoms with van der Waals surface area (Å²) in [5.41, 5.74) is 1.84. The third-order valence-corrected chi connectivity index (χ3v) is 4.89. The average Bonchev–Trinajstić information content (AvgIpc) is 2.90. The molecule has 1 heterocycles. The van der Waals surface area contributed by atoms with Gasteiger partial charge in [-0.3, -0.25) is 4.79 Å². The number of benzene rings is 1. The Balaban J connectivity index is 2.01. The summed E-state index contributed by atoms with van der Waals surface area (Å²) in [6.45, 7) is 0.735. The van der Waals surface area contributed by atoms with E-state index in [0.29, 0.717) is 6.61 Å². The fourth-order valence-corrected chi connectivity index (χ4v) is 3.56. The average molecular weight is 378 g/mol. The number of carbonyl (C=O) groups excluding carboxylic acids is 1. The monoisotopic (exact) mass is 377 g/mol. The van der Waals surface area contributed by atoms with Crippen LogP contribution in [0.2, 0.25) is 0 Å². The summed E-state index contributed by atoms with van der Waals surface area (Å²) in [5.74, 6) is -0.0996.